The highest BCUT2D eigenvalue weighted by atomic mass is 32.2. The van der Waals surface area contributed by atoms with Gasteiger partial charge in [0.1, 0.15) is 0 Å². The van der Waals surface area contributed by atoms with E-state index in [4.69, 9.17) is 5.73 Å². The molecule has 0 atom stereocenters. The van der Waals surface area contributed by atoms with E-state index in [9.17, 15) is 8.42 Å². The van der Waals surface area contributed by atoms with Gasteiger partial charge in [-0.1, -0.05) is 37.8 Å². The van der Waals surface area contributed by atoms with Crippen molar-refractivity contribution in [1.82, 2.24) is 4.31 Å². The van der Waals surface area contributed by atoms with Crippen molar-refractivity contribution in [3.05, 3.63) is 29.8 Å². The molecule has 0 amide bonds. The molecule has 1 aliphatic rings. The van der Waals surface area contributed by atoms with Crippen LogP contribution in [0.2, 0.25) is 0 Å². The summed E-state index contributed by atoms with van der Waals surface area (Å²) in [6.45, 7) is 0.577. The van der Waals surface area contributed by atoms with E-state index in [1.54, 1.807) is 23.5 Å². The fourth-order valence-corrected chi connectivity index (χ4v) is 4.39. The summed E-state index contributed by atoms with van der Waals surface area (Å²) in [4.78, 5) is 0.384. The minimum Gasteiger partial charge on any atom is -0.330 e. The lowest BCUT2D eigenvalue weighted by Crippen LogP contribution is -2.36. The summed E-state index contributed by atoms with van der Waals surface area (Å²) in [6.07, 6.45) is 7.41. The smallest absolute Gasteiger partial charge is 0.243 e. The van der Waals surface area contributed by atoms with Crippen molar-refractivity contribution >= 4 is 10.0 Å². The first-order valence-electron chi connectivity index (χ1n) is 7.83. The normalized spacial score (nSPS) is 17.9. The molecule has 0 radical (unpaired) electrons. The standard InChI is InChI=1S/C16H26N2O2S/c1-18(15-6-4-2-3-5-7-15)21(19,20)16-10-8-14(9-11-16)12-13-17/h8-11,15H,2-7,12-13,17H2,1H3. The summed E-state index contributed by atoms with van der Waals surface area (Å²) >= 11 is 0. The fourth-order valence-electron chi connectivity index (χ4n) is 2.98. The molecule has 0 saturated heterocycles. The second kappa shape index (κ2) is 7.38. The number of rotatable bonds is 5. The first-order chi connectivity index (χ1) is 10.1. The Hall–Kier alpha value is -0.910. The van der Waals surface area contributed by atoms with Crippen LogP contribution in [0.25, 0.3) is 0 Å². The predicted octanol–water partition coefficient (Wildman–Crippen LogP) is 2.53. The van der Waals surface area contributed by atoms with Gasteiger partial charge in [0, 0.05) is 13.1 Å². The van der Waals surface area contributed by atoms with Crippen LogP contribution < -0.4 is 5.73 Å². The first kappa shape index (κ1) is 16.5. The molecule has 1 saturated carbocycles. The highest BCUT2D eigenvalue weighted by Gasteiger charge is 2.28. The Balaban J connectivity index is 2.15. The largest absolute Gasteiger partial charge is 0.330 e. The molecule has 1 aliphatic carbocycles. The molecule has 0 spiro atoms. The van der Waals surface area contributed by atoms with Gasteiger partial charge >= 0.3 is 0 Å². The van der Waals surface area contributed by atoms with E-state index >= 15 is 0 Å². The van der Waals surface area contributed by atoms with Crippen LogP contribution in [0.1, 0.15) is 44.1 Å². The number of nitrogens with two attached hydrogens (primary N) is 1. The third-order valence-electron chi connectivity index (χ3n) is 4.37. The van der Waals surface area contributed by atoms with E-state index in [0.29, 0.717) is 11.4 Å². The summed E-state index contributed by atoms with van der Waals surface area (Å²) in [5.41, 5.74) is 6.60. The Morgan fingerprint density at radius 3 is 2.19 bits per heavy atom. The summed E-state index contributed by atoms with van der Waals surface area (Å²) in [5.74, 6) is 0. The van der Waals surface area contributed by atoms with E-state index in [1.165, 1.54) is 12.8 Å². The lowest BCUT2D eigenvalue weighted by atomic mass is 10.1. The van der Waals surface area contributed by atoms with Crippen LogP contribution in [0.3, 0.4) is 0 Å². The summed E-state index contributed by atoms with van der Waals surface area (Å²) in [6, 6.07) is 7.27. The Bertz CT molecular complexity index is 532. The molecule has 4 nitrogen and oxygen atoms in total. The van der Waals surface area contributed by atoms with Crippen LogP contribution in [0.5, 0.6) is 0 Å². The molecule has 0 bridgehead atoms. The molecule has 5 heteroatoms. The highest BCUT2D eigenvalue weighted by molar-refractivity contribution is 7.89. The molecule has 1 aromatic carbocycles. The van der Waals surface area contributed by atoms with Gasteiger partial charge in [0.05, 0.1) is 4.90 Å². The van der Waals surface area contributed by atoms with Crippen LogP contribution in [0.4, 0.5) is 0 Å². The number of sulfonamides is 1. The van der Waals surface area contributed by atoms with E-state index in [0.717, 1.165) is 37.7 Å². The van der Waals surface area contributed by atoms with Crippen LogP contribution >= 0.6 is 0 Å². The van der Waals surface area contributed by atoms with Crippen molar-refractivity contribution < 1.29 is 8.42 Å². The Labute approximate surface area is 128 Å². The van der Waals surface area contributed by atoms with E-state index in [-0.39, 0.29) is 6.04 Å². The van der Waals surface area contributed by atoms with E-state index < -0.39 is 10.0 Å². The summed E-state index contributed by atoms with van der Waals surface area (Å²) in [7, 11) is -1.66. The molecule has 0 aromatic heterocycles. The maximum atomic E-state index is 12.7. The van der Waals surface area contributed by atoms with Crippen molar-refractivity contribution in [1.29, 1.82) is 0 Å². The van der Waals surface area contributed by atoms with Gasteiger partial charge in [-0.2, -0.15) is 4.31 Å². The van der Waals surface area contributed by atoms with Gasteiger partial charge in [-0.15, -0.1) is 0 Å². The van der Waals surface area contributed by atoms with Gasteiger partial charge in [0.2, 0.25) is 10.0 Å². The summed E-state index contributed by atoms with van der Waals surface area (Å²) in [5, 5.41) is 0. The van der Waals surface area contributed by atoms with Crippen molar-refractivity contribution in [3.63, 3.8) is 0 Å². The van der Waals surface area contributed by atoms with Gasteiger partial charge in [-0.3, -0.25) is 0 Å². The first-order valence-corrected chi connectivity index (χ1v) is 9.27. The van der Waals surface area contributed by atoms with E-state index in [2.05, 4.69) is 0 Å². The van der Waals surface area contributed by atoms with Crippen LogP contribution in [0, 0.1) is 0 Å². The Morgan fingerprint density at radius 2 is 1.67 bits per heavy atom. The van der Waals surface area contributed by atoms with Crippen molar-refractivity contribution in [3.8, 4) is 0 Å². The number of hydrogen-bond donors (Lipinski definition) is 1. The Kier molecular flexibility index (Phi) is 5.79. The van der Waals surface area contributed by atoms with Gasteiger partial charge in [-0.05, 0) is 43.5 Å². The molecule has 1 aromatic rings. The average Bonchev–Trinajstić information content (AvgIpc) is 2.76. The molecule has 0 aliphatic heterocycles. The molecular weight excluding hydrogens is 284 g/mol. The van der Waals surface area contributed by atoms with Gasteiger partial charge in [0.25, 0.3) is 0 Å². The maximum Gasteiger partial charge on any atom is 0.243 e. The van der Waals surface area contributed by atoms with Gasteiger partial charge in [-0.25, -0.2) is 8.42 Å². The lowest BCUT2D eigenvalue weighted by molar-refractivity contribution is 0.335. The molecule has 0 heterocycles. The van der Waals surface area contributed by atoms with Crippen molar-refractivity contribution in [2.75, 3.05) is 13.6 Å². The van der Waals surface area contributed by atoms with Crippen molar-refractivity contribution in [2.24, 2.45) is 5.73 Å². The SMILES string of the molecule is CN(C1CCCCCC1)S(=O)(=O)c1ccc(CCN)cc1. The zero-order valence-corrected chi connectivity index (χ0v) is 13.6. The molecule has 1 fully saturated rings. The highest BCUT2D eigenvalue weighted by Crippen LogP contribution is 2.25. The monoisotopic (exact) mass is 310 g/mol. The average molecular weight is 310 g/mol. The quantitative estimate of drug-likeness (QED) is 0.850. The van der Waals surface area contributed by atoms with Gasteiger partial charge in [0.15, 0.2) is 0 Å². The topological polar surface area (TPSA) is 63.4 Å². The molecule has 118 valence electrons. The predicted molar refractivity (Wildman–Crippen MR) is 85.6 cm³/mol. The molecule has 21 heavy (non-hydrogen) atoms. The number of nitrogens with zero attached hydrogens (tertiary/aromatic N) is 1. The second-order valence-corrected chi connectivity index (χ2v) is 7.85. The van der Waals surface area contributed by atoms with E-state index in [1.807, 2.05) is 12.1 Å². The number of hydrogen-bond acceptors (Lipinski definition) is 3. The molecule has 2 rings (SSSR count). The number of benzene rings is 1. The Morgan fingerprint density at radius 1 is 1.10 bits per heavy atom. The zero-order chi connectivity index (χ0) is 15.3. The minimum absolute atomic E-state index is 0.140. The maximum absolute atomic E-state index is 12.7. The summed E-state index contributed by atoms with van der Waals surface area (Å²) < 4.78 is 27.0. The third kappa shape index (κ3) is 4.05. The zero-order valence-electron chi connectivity index (χ0n) is 12.8. The lowest BCUT2D eigenvalue weighted by Gasteiger charge is -2.26. The molecule has 0 unspecified atom stereocenters. The van der Waals surface area contributed by atoms with Crippen LogP contribution in [-0.2, 0) is 16.4 Å². The molecular formula is C16H26N2O2S. The molecule has 2 N–H and O–H groups in total. The van der Waals surface area contributed by atoms with Crippen LogP contribution in [0.15, 0.2) is 29.2 Å². The fraction of sp³-hybridized carbons (Fsp3) is 0.625. The van der Waals surface area contributed by atoms with Crippen LogP contribution in [-0.4, -0.2) is 32.4 Å². The van der Waals surface area contributed by atoms with Gasteiger partial charge < -0.3 is 5.73 Å². The van der Waals surface area contributed by atoms with Crippen molar-refractivity contribution in [2.45, 2.75) is 55.9 Å². The second-order valence-electron chi connectivity index (χ2n) is 5.85. The minimum atomic E-state index is -3.38. The third-order valence-corrected chi connectivity index (χ3v) is 6.30.